The van der Waals surface area contributed by atoms with E-state index in [1.165, 1.54) is 0 Å². The second-order valence-corrected chi connectivity index (χ2v) is 7.54. The van der Waals surface area contributed by atoms with Crippen LogP contribution in [-0.2, 0) is 16.3 Å². The minimum Gasteiger partial charge on any atom is -0.492 e. The summed E-state index contributed by atoms with van der Waals surface area (Å²) in [6, 6.07) is 6.01. The average Bonchev–Trinajstić information content (AvgIpc) is 2.41. The SMILES string of the molecule is CCC(N)Cc1cc(C)ccc1OCCS(=O)(=O)CC. The van der Waals surface area contributed by atoms with Crippen LogP contribution < -0.4 is 10.5 Å². The topological polar surface area (TPSA) is 69.4 Å². The predicted octanol–water partition coefficient (Wildman–Crippen LogP) is 2.09. The first kappa shape index (κ1) is 17.0. The van der Waals surface area contributed by atoms with Crippen molar-refractivity contribution in [3.63, 3.8) is 0 Å². The molecule has 0 fully saturated rings. The average molecular weight is 299 g/mol. The highest BCUT2D eigenvalue weighted by atomic mass is 32.2. The van der Waals surface area contributed by atoms with Gasteiger partial charge >= 0.3 is 0 Å². The molecule has 1 aromatic rings. The molecule has 1 atom stereocenters. The number of benzene rings is 1. The number of ether oxygens (including phenoxy) is 1. The second kappa shape index (κ2) is 7.64. The summed E-state index contributed by atoms with van der Waals surface area (Å²) in [5, 5.41) is 0. The van der Waals surface area contributed by atoms with Crippen LogP contribution in [0.5, 0.6) is 5.75 Å². The van der Waals surface area contributed by atoms with E-state index >= 15 is 0 Å². The zero-order chi connectivity index (χ0) is 15.2. The predicted molar refractivity (Wildman–Crippen MR) is 83.0 cm³/mol. The molecule has 1 aromatic carbocycles. The lowest BCUT2D eigenvalue weighted by Crippen LogP contribution is -2.22. The standard InChI is InChI=1S/C15H25NO3S/c1-4-14(16)11-13-10-12(3)6-7-15(13)19-8-9-20(17,18)5-2/h6-7,10,14H,4-5,8-9,11,16H2,1-3H3. The maximum absolute atomic E-state index is 11.5. The maximum atomic E-state index is 11.5. The molecule has 0 aliphatic rings. The van der Waals surface area contributed by atoms with Gasteiger partial charge in [-0.1, -0.05) is 31.5 Å². The number of sulfone groups is 1. The first-order valence-electron chi connectivity index (χ1n) is 7.06. The minimum atomic E-state index is -2.99. The van der Waals surface area contributed by atoms with E-state index in [2.05, 4.69) is 13.0 Å². The monoisotopic (exact) mass is 299 g/mol. The van der Waals surface area contributed by atoms with E-state index in [1.54, 1.807) is 6.92 Å². The van der Waals surface area contributed by atoms with Gasteiger partial charge in [0.15, 0.2) is 9.84 Å². The molecule has 20 heavy (non-hydrogen) atoms. The Balaban J connectivity index is 2.74. The molecule has 0 heterocycles. The fourth-order valence-electron chi connectivity index (χ4n) is 1.86. The van der Waals surface area contributed by atoms with Crippen molar-refractivity contribution in [1.82, 2.24) is 0 Å². The molecule has 1 unspecified atom stereocenters. The molecule has 0 radical (unpaired) electrons. The lowest BCUT2D eigenvalue weighted by Gasteiger charge is -2.15. The second-order valence-electron chi connectivity index (χ2n) is 5.07. The number of hydrogen-bond donors (Lipinski definition) is 1. The summed E-state index contributed by atoms with van der Waals surface area (Å²) in [6.07, 6.45) is 1.64. The normalized spacial score (nSPS) is 13.2. The number of hydrogen-bond acceptors (Lipinski definition) is 4. The summed E-state index contributed by atoms with van der Waals surface area (Å²) in [5.41, 5.74) is 8.19. The van der Waals surface area contributed by atoms with E-state index < -0.39 is 9.84 Å². The van der Waals surface area contributed by atoms with E-state index in [4.69, 9.17) is 10.5 Å². The molecular formula is C15H25NO3S. The summed E-state index contributed by atoms with van der Waals surface area (Å²) in [6.45, 7) is 5.90. The molecule has 0 aliphatic carbocycles. The Morgan fingerprint density at radius 3 is 2.60 bits per heavy atom. The van der Waals surface area contributed by atoms with Crippen LogP contribution in [0.1, 0.15) is 31.4 Å². The molecule has 1 rings (SSSR count). The van der Waals surface area contributed by atoms with Crippen LogP contribution in [-0.4, -0.2) is 32.6 Å². The van der Waals surface area contributed by atoms with Crippen molar-refractivity contribution in [2.45, 2.75) is 39.7 Å². The van der Waals surface area contributed by atoms with Gasteiger partial charge in [-0.2, -0.15) is 0 Å². The highest BCUT2D eigenvalue weighted by Gasteiger charge is 2.11. The maximum Gasteiger partial charge on any atom is 0.153 e. The molecule has 5 heteroatoms. The van der Waals surface area contributed by atoms with Crippen molar-refractivity contribution < 1.29 is 13.2 Å². The molecule has 2 N–H and O–H groups in total. The summed E-state index contributed by atoms with van der Waals surface area (Å²) in [5.74, 6) is 0.944. The summed E-state index contributed by atoms with van der Waals surface area (Å²) >= 11 is 0. The Morgan fingerprint density at radius 1 is 1.30 bits per heavy atom. The molecule has 114 valence electrons. The van der Waals surface area contributed by atoms with Gasteiger partial charge in [0.25, 0.3) is 0 Å². The third-order valence-electron chi connectivity index (χ3n) is 3.31. The molecule has 4 nitrogen and oxygen atoms in total. The van der Waals surface area contributed by atoms with Gasteiger partial charge in [-0.15, -0.1) is 0 Å². The quantitative estimate of drug-likeness (QED) is 0.798. The van der Waals surface area contributed by atoms with Crippen LogP contribution in [0.3, 0.4) is 0 Å². The van der Waals surface area contributed by atoms with Gasteiger partial charge in [0.1, 0.15) is 12.4 Å². The van der Waals surface area contributed by atoms with Crippen molar-refractivity contribution in [3.8, 4) is 5.75 Å². The number of nitrogens with two attached hydrogens (primary N) is 1. The minimum absolute atomic E-state index is 0.0522. The molecule has 0 aromatic heterocycles. The van der Waals surface area contributed by atoms with Gasteiger partial charge in [0.05, 0.1) is 5.75 Å². The van der Waals surface area contributed by atoms with Gasteiger partial charge in [-0.25, -0.2) is 8.42 Å². The van der Waals surface area contributed by atoms with E-state index in [-0.39, 0.29) is 24.2 Å². The summed E-state index contributed by atoms with van der Waals surface area (Å²) < 4.78 is 28.5. The lowest BCUT2D eigenvalue weighted by atomic mass is 10.0. The van der Waals surface area contributed by atoms with Gasteiger partial charge in [-0.05, 0) is 31.4 Å². The molecule has 0 amide bonds. The first-order valence-corrected chi connectivity index (χ1v) is 8.88. The van der Waals surface area contributed by atoms with Crippen LogP contribution in [0.15, 0.2) is 18.2 Å². The first-order chi connectivity index (χ1) is 9.38. The van der Waals surface area contributed by atoms with Gasteiger partial charge < -0.3 is 10.5 Å². The van der Waals surface area contributed by atoms with Crippen LogP contribution in [0.4, 0.5) is 0 Å². The van der Waals surface area contributed by atoms with Crippen LogP contribution in [0.2, 0.25) is 0 Å². The fraction of sp³-hybridized carbons (Fsp3) is 0.600. The van der Waals surface area contributed by atoms with Crippen molar-refractivity contribution in [2.75, 3.05) is 18.1 Å². The highest BCUT2D eigenvalue weighted by Crippen LogP contribution is 2.22. The third-order valence-corrected chi connectivity index (χ3v) is 4.98. The van der Waals surface area contributed by atoms with Crippen LogP contribution >= 0.6 is 0 Å². The van der Waals surface area contributed by atoms with Crippen LogP contribution in [0.25, 0.3) is 0 Å². The van der Waals surface area contributed by atoms with Gasteiger partial charge in [0, 0.05) is 11.8 Å². The fourth-order valence-corrected chi connectivity index (χ4v) is 2.48. The van der Waals surface area contributed by atoms with Crippen LogP contribution in [0, 0.1) is 6.92 Å². The molecule has 0 aliphatic heterocycles. The molecule has 0 saturated heterocycles. The Morgan fingerprint density at radius 2 is 2.00 bits per heavy atom. The van der Waals surface area contributed by atoms with Crippen molar-refractivity contribution in [1.29, 1.82) is 0 Å². The largest absolute Gasteiger partial charge is 0.492 e. The smallest absolute Gasteiger partial charge is 0.153 e. The third kappa shape index (κ3) is 5.51. The number of aryl methyl sites for hydroxylation is 1. The Kier molecular flexibility index (Phi) is 6.49. The van der Waals surface area contributed by atoms with E-state index in [0.29, 0.717) is 0 Å². The van der Waals surface area contributed by atoms with Crippen molar-refractivity contribution in [2.24, 2.45) is 5.73 Å². The Hall–Kier alpha value is -1.07. The Bertz CT molecular complexity index is 526. The number of rotatable bonds is 8. The molecule has 0 saturated carbocycles. The molecule has 0 bridgehead atoms. The zero-order valence-corrected chi connectivity index (χ0v) is 13.4. The summed E-state index contributed by atoms with van der Waals surface area (Å²) in [4.78, 5) is 0. The van der Waals surface area contributed by atoms with Crippen molar-refractivity contribution in [3.05, 3.63) is 29.3 Å². The molecule has 0 spiro atoms. The highest BCUT2D eigenvalue weighted by molar-refractivity contribution is 7.91. The molecular weight excluding hydrogens is 274 g/mol. The van der Waals surface area contributed by atoms with E-state index in [9.17, 15) is 8.42 Å². The lowest BCUT2D eigenvalue weighted by molar-refractivity contribution is 0.336. The van der Waals surface area contributed by atoms with E-state index in [1.807, 2.05) is 19.1 Å². The van der Waals surface area contributed by atoms with Crippen molar-refractivity contribution >= 4 is 9.84 Å². The zero-order valence-electron chi connectivity index (χ0n) is 12.6. The van der Waals surface area contributed by atoms with Gasteiger partial charge in [-0.3, -0.25) is 0 Å². The Labute approximate surface area is 122 Å². The van der Waals surface area contributed by atoms with Gasteiger partial charge in [0.2, 0.25) is 0 Å². The van der Waals surface area contributed by atoms with E-state index in [0.717, 1.165) is 29.7 Å². The summed E-state index contributed by atoms with van der Waals surface area (Å²) in [7, 11) is -2.99.